The van der Waals surface area contributed by atoms with E-state index in [4.69, 9.17) is 14.2 Å². The van der Waals surface area contributed by atoms with Gasteiger partial charge in [0.1, 0.15) is 0 Å². The van der Waals surface area contributed by atoms with Gasteiger partial charge in [0, 0.05) is 32.0 Å². The molecule has 0 aromatic carbocycles. The molecule has 0 rings (SSSR count). The third-order valence-electron chi connectivity index (χ3n) is 5.72. The van der Waals surface area contributed by atoms with Crippen LogP contribution in [0.2, 0.25) is 0 Å². The third kappa shape index (κ3) is 22.1. The first-order valence-electron chi connectivity index (χ1n) is 13.5. The second kappa shape index (κ2) is 24.5. The maximum absolute atomic E-state index is 12.1. The molecule has 0 amide bonds. The molecule has 0 aliphatic heterocycles. The highest BCUT2D eigenvalue weighted by Gasteiger charge is 2.15. The van der Waals surface area contributed by atoms with Crippen LogP contribution >= 0.6 is 0 Å². The number of hydrogen-bond acceptors (Lipinski definition) is 5. The molecule has 0 N–H and O–H groups in total. The van der Waals surface area contributed by atoms with E-state index in [1.807, 2.05) is 0 Å². The molecule has 0 radical (unpaired) electrons. The van der Waals surface area contributed by atoms with Crippen LogP contribution in [0.15, 0.2) is 0 Å². The van der Waals surface area contributed by atoms with E-state index in [0.717, 1.165) is 71.0 Å². The van der Waals surface area contributed by atoms with Crippen molar-refractivity contribution in [1.29, 1.82) is 0 Å². The molecule has 0 unspecified atom stereocenters. The van der Waals surface area contributed by atoms with Crippen molar-refractivity contribution >= 4 is 11.9 Å². The summed E-state index contributed by atoms with van der Waals surface area (Å²) < 4.78 is 16.7. The van der Waals surface area contributed by atoms with E-state index in [0.29, 0.717) is 26.1 Å². The van der Waals surface area contributed by atoms with Gasteiger partial charge in [0.05, 0.1) is 13.2 Å². The standard InChI is InChI=1S/C27H52O5/c1-4-7-10-12-14-19-26(28)31-23-25(18-16-17-22-30-21-9-6-3)24-32-27(29)20-15-13-11-8-5-2/h25H,4-24H2,1-3H3. The Bertz CT molecular complexity index is 394. The lowest BCUT2D eigenvalue weighted by molar-refractivity contribution is -0.149. The van der Waals surface area contributed by atoms with Gasteiger partial charge < -0.3 is 14.2 Å². The predicted octanol–water partition coefficient (Wildman–Crippen LogP) is 7.40. The second-order valence-electron chi connectivity index (χ2n) is 9.02. The van der Waals surface area contributed by atoms with Gasteiger partial charge in [0.15, 0.2) is 0 Å². The van der Waals surface area contributed by atoms with Gasteiger partial charge in [0.25, 0.3) is 0 Å². The van der Waals surface area contributed by atoms with Gasteiger partial charge in [-0.25, -0.2) is 0 Å². The van der Waals surface area contributed by atoms with Gasteiger partial charge in [-0.1, -0.05) is 85.0 Å². The van der Waals surface area contributed by atoms with Crippen LogP contribution < -0.4 is 0 Å². The van der Waals surface area contributed by atoms with E-state index in [2.05, 4.69) is 20.8 Å². The first kappa shape index (κ1) is 30.9. The first-order valence-corrected chi connectivity index (χ1v) is 13.5. The van der Waals surface area contributed by atoms with E-state index < -0.39 is 0 Å². The Morgan fingerprint density at radius 1 is 0.562 bits per heavy atom. The molecule has 5 heteroatoms. The Hall–Kier alpha value is -1.10. The number of esters is 2. The van der Waals surface area contributed by atoms with Gasteiger partial charge in [-0.05, 0) is 32.1 Å². The Labute approximate surface area is 198 Å². The number of carbonyl (C=O) groups excluding carboxylic acids is 2. The molecule has 0 saturated heterocycles. The molecule has 0 fully saturated rings. The molecule has 0 saturated carbocycles. The van der Waals surface area contributed by atoms with E-state index in [1.54, 1.807) is 0 Å². The average molecular weight is 457 g/mol. The van der Waals surface area contributed by atoms with Crippen molar-refractivity contribution in [3.63, 3.8) is 0 Å². The van der Waals surface area contributed by atoms with Crippen molar-refractivity contribution in [2.75, 3.05) is 26.4 Å². The second-order valence-corrected chi connectivity index (χ2v) is 9.02. The van der Waals surface area contributed by atoms with Gasteiger partial charge in [-0.15, -0.1) is 0 Å². The number of carbonyl (C=O) groups is 2. The topological polar surface area (TPSA) is 61.8 Å². The van der Waals surface area contributed by atoms with Crippen LogP contribution in [0.5, 0.6) is 0 Å². The Balaban J connectivity index is 4.17. The Morgan fingerprint density at radius 2 is 1.03 bits per heavy atom. The summed E-state index contributed by atoms with van der Waals surface area (Å²) in [6.45, 7) is 8.80. The van der Waals surface area contributed by atoms with Crippen LogP contribution in [-0.2, 0) is 23.8 Å². The van der Waals surface area contributed by atoms with Crippen LogP contribution in [-0.4, -0.2) is 38.4 Å². The number of hydrogen-bond donors (Lipinski definition) is 0. The van der Waals surface area contributed by atoms with Gasteiger partial charge in [-0.2, -0.15) is 0 Å². The van der Waals surface area contributed by atoms with Crippen molar-refractivity contribution in [2.24, 2.45) is 5.92 Å². The summed E-state index contributed by atoms with van der Waals surface area (Å²) in [4.78, 5) is 24.1. The fourth-order valence-electron chi connectivity index (χ4n) is 3.51. The predicted molar refractivity (Wildman–Crippen MR) is 132 cm³/mol. The maximum atomic E-state index is 12.1. The zero-order valence-corrected chi connectivity index (χ0v) is 21.5. The summed E-state index contributed by atoms with van der Waals surface area (Å²) in [6.07, 6.45) is 17.2. The van der Waals surface area contributed by atoms with E-state index in [1.165, 1.54) is 38.5 Å². The fourth-order valence-corrected chi connectivity index (χ4v) is 3.51. The minimum Gasteiger partial charge on any atom is -0.465 e. The number of unbranched alkanes of at least 4 members (excludes halogenated alkanes) is 10. The summed E-state index contributed by atoms with van der Waals surface area (Å²) in [7, 11) is 0. The minimum atomic E-state index is -0.128. The van der Waals surface area contributed by atoms with Gasteiger partial charge in [0.2, 0.25) is 0 Å². The van der Waals surface area contributed by atoms with Crippen molar-refractivity contribution in [3.8, 4) is 0 Å². The molecule has 0 aromatic rings. The van der Waals surface area contributed by atoms with E-state index >= 15 is 0 Å². The molecule has 0 heterocycles. The third-order valence-corrected chi connectivity index (χ3v) is 5.72. The smallest absolute Gasteiger partial charge is 0.305 e. The van der Waals surface area contributed by atoms with Crippen molar-refractivity contribution in [2.45, 2.75) is 130 Å². The summed E-state index contributed by atoms with van der Waals surface area (Å²) in [5.41, 5.74) is 0. The molecule has 0 aliphatic carbocycles. The number of rotatable bonds is 24. The highest BCUT2D eigenvalue weighted by molar-refractivity contribution is 5.69. The molecule has 0 aromatic heterocycles. The van der Waals surface area contributed by atoms with Crippen LogP contribution in [0.1, 0.15) is 130 Å². The molecule has 32 heavy (non-hydrogen) atoms. The van der Waals surface area contributed by atoms with Crippen molar-refractivity contribution < 1.29 is 23.8 Å². The Morgan fingerprint density at radius 3 is 1.53 bits per heavy atom. The summed E-state index contributed by atoms with van der Waals surface area (Å²) in [5, 5.41) is 0. The van der Waals surface area contributed by atoms with Gasteiger partial charge >= 0.3 is 11.9 Å². The lowest BCUT2D eigenvalue weighted by Gasteiger charge is -2.17. The molecule has 0 spiro atoms. The van der Waals surface area contributed by atoms with Crippen molar-refractivity contribution in [3.05, 3.63) is 0 Å². The van der Waals surface area contributed by atoms with Crippen LogP contribution in [0.4, 0.5) is 0 Å². The quantitative estimate of drug-likeness (QED) is 0.112. The Kier molecular flexibility index (Phi) is 23.7. The molecule has 0 atom stereocenters. The first-order chi connectivity index (χ1) is 15.6. The molecule has 0 aliphatic rings. The highest BCUT2D eigenvalue weighted by atomic mass is 16.5. The lowest BCUT2D eigenvalue weighted by Crippen LogP contribution is -2.21. The van der Waals surface area contributed by atoms with E-state index in [9.17, 15) is 9.59 Å². The monoisotopic (exact) mass is 456 g/mol. The molecule has 5 nitrogen and oxygen atoms in total. The average Bonchev–Trinajstić information content (AvgIpc) is 2.79. The minimum absolute atomic E-state index is 0.0683. The van der Waals surface area contributed by atoms with E-state index in [-0.39, 0.29) is 17.9 Å². The normalized spacial score (nSPS) is 11.1. The van der Waals surface area contributed by atoms with Crippen LogP contribution in [0.25, 0.3) is 0 Å². The molecular formula is C27H52O5. The zero-order chi connectivity index (χ0) is 23.7. The maximum Gasteiger partial charge on any atom is 0.305 e. The zero-order valence-electron chi connectivity index (χ0n) is 21.5. The molecular weight excluding hydrogens is 404 g/mol. The molecule has 190 valence electrons. The highest BCUT2D eigenvalue weighted by Crippen LogP contribution is 2.13. The summed E-state index contributed by atoms with van der Waals surface area (Å²) in [6, 6.07) is 0. The summed E-state index contributed by atoms with van der Waals surface area (Å²) in [5.74, 6) is -0.188. The fraction of sp³-hybridized carbons (Fsp3) is 0.926. The van der Waals surface area contributed by atoms with Gasteiger partial charge in [-0.3, -0.25) is 9.59 Å². The largest absolute Gasteiger partial charge is 0.465 e. The number of ether oxygens (including phenoxy) is 3. The SMILES string of the molecule is CCCCCCCC(=O)OCC(CCCCOCCCC)COC(=O)CCCCCCC. The van der Waals surface area contributed by atoms with Crippen LogP contribution in [0.3, 0.4) is 0 Å². The lowest BCUT2D eigenvalue weighted by atomic mass is 10.0. The molecule has 0 bridgehead atoms. The summed E-state index contributed by atoms with van der Waals surface area (Å²) >= 11 is 0. The van der Waals surface area contributed by atoms with Crippen LogP contribution in [0, 0.1) is 5.92 Å². The van der Waals surface area contributed by atoms with Crippen molar-refractivity contribution in [1.82, 2.24) is 0 Å².